The molecule has 64 valence electrons. The second-order valence-electron chi connectivity index (χ2n) is 2.78. The molecule has 1 aliphatic rings. The van der Waals surface area contributed by atoms with Gasteiger partial charge in [0.05, 0.1) is 15.8 Å². The van der Waals surface area contributed by atoms with E-state index in [0.717, 1.165) is 17.0 Å². The van der Waals surface area contributed by atoms with Crippen molar-refractivity contribution in [2.24, 2.45) is 0 Å². The van der Waals surface area contributed by atoms with Crippen LogP contribution >= 0.6 is 11.8 Å². The van der Waals surface area contributed by atoms with Gasteiger partial charge in [0.15, 0.2) is 0 Å². The normalized spacial score (nSPS) is 20.8. The van der Waals surface area contributed by atoms with Crippen molar-refractivity contribution >= 4 is 11.8 Å². The molecule has 0 bridgehead atoms. The first-order chi connectivity index (χ1) is 6.40. The molecule has 1 aromatic heterocycles. The van der Waals surface area contributed by atoms with Gasteiger partial charge in [0.25, 0.3) is 0 Å². The van der Waals surface area contributed by atoms with Gasteiger partial charge < -0.3 is 0 Å². The summed E-state index contributed by atoms with van der Waals surface area (Å²) in [7, 11) is 0. The lowest BCUT2D eigenvalue weighted by atomic mass is 10.2. The van der Waals surface area contributed by atoms with E-state index in [1.807, 2.05) is 24.3 Å². The van der Waals surface area contributed by atoms with Crippen molar-refractivity contribution < 1.29 is 0 Å². The van der Waals surface area contributed by atoms with E-state index in [-0.39, 0.29) is 0 Å². The number of allylic oxidation sites excluding steroid dienone is 2. The van der Waals surface area contributed by atoms with Crippen LogP contribution in [0.25, 0.3) is 0 Å². The second-order valence-corrected chi connectivity index (χ2v) is 4.02. The first-order valence-corrected chi connectivity index (χ1v) is 4.96. The number of aromatic nitrogens is 1. The lowest BCUT2D eigenvalue weighted by Crippen LogP contribution is -1.91. The Morgan fingerprint density at radius 3 is 3.08 bits per heavy atom. The Morgan fingerprint density at radius 1 is 1.54 bits per heavy atom. The molecule has 1 aromatic rings. The molecular weight excluding hydrogens is 180 g/mol. The molecule has 0 fully saturated rings. The molecule has 3 heteroatoms. The monoisotopic (exact) mass is 188 g/mol. The van der Waals surface area contributed by atoms with Crippen LogP contribution in [0.4, 0.5) is 0 Å². The van der Waals surface area contributed by atoms with Crippen molar-refractivity contribution in [1.82, 2.24) is 4.98 Å². The smallest absolute Gasteiger partial charge is 0.106 e. The quantitative estimate of drug-likeness (QED) is 0.679. The van der Waals surface area contributed by atoms with Gasteiger partial charge in [-0.15, -0.1) is 11.8 Å². The van der Waals surface area contributed by atoms with Gasteiger partial charge in [0.2, 0.25) is 0 Å². The molecule has 2 rings (SSSR count). The zero-order chi connectivity index (χ0) is 9.10. The summed E-state index contributed by atoms with van der Waals surface area (Å²) >= 11 is 1.60. The molecule has 0 aromatic carbocycles. The predicted molar refractivity (Wildman–Crippen MR) is 52.9 cm³/mol. The number of hydrogen-bond acceptors (Lipinski definition) is 3. The fraction of sp³-hybridized carbons (Fsp3) is 0.200. The summed E-state index contributed by atoms with van der Waals surface area (Å²) in [6.07, 6.45) is 4.69. The molecule has 0 saturated heterocycles. The summed E-state index contributed by atoms with van der Waals surface area (Å²) in [5.41, 5.74) is 1.06. The van der Waals surface area contributed by atoms with Gasteiger partial charge in [-0.05, 0) is 18.6 Å². The maximum Gasteiger partial charge on any atom is 0.106 e. The van der Waals surface area contributed by atoms with Crippen LogP contribution in [0.3, 0.4) is 0 Å². The zero-order valence-corrected chi connectivity index (χ0v) is 7.79. The molecule has 0 radical (unpaired) electrons. The average molecular weight is 188 g/mol. The van der Waals surface area contributed by atoms with Crippen LogP contribution in [-0.2, 0) is 0 Å². The molecule has 13 heavy (non-hydrogen) atoms. The summed E-state index contributed by atoms with van der Waals surface area (Å²) in [6, 6.07) is 8.05. The maximum atomic E-state index is 8.67. The lowest BCUT2D eigenvalue weighted by molar-refractivity contribution is 0.933. The number of hydrogen-bond donors (Lipinski definition) is 0. The third-order valence-corrected chi connectivity index (χ3v) is 3.14. The number of thioether (sulfide) groups is 1. The highest BCUT2D eigenvalue weighted by Crippen LogP contribution is 2.42. The molecule has 2 nitrogen and oxygen atoms in total. The number of nitrogens with zero attached hydrogens (tertiary/aromatic N) is 2. The summed E-state index contributed by atoms with van der Waals surface area (Å²) in [5, 5.41) is 9.01. The van der Waals surface area contributed by atoms with E-state index >= 15 is 0 Å². The van der Waals surface area contributed by atoms with Crippen LogP contribution < -0.4 is 0 Å². The Morgan fingerprint density at radius 2 is 2.46 bits per heavy atom. The van der Waals surface area contributed by atoms with Crippen LogP contribution in [0.2, 0.25) is 0 Å². The highest BCUT2D eigenvalue weighted by molar-refractivity contribution is 8.03. The third kappa shape index (κ3) is 1.73. The summed E-state index contributed by atoms with van der Waals surface area (Å²) < 4.78 is 0. The standard InChI is InChI=1S/C10H8N2S/c11-7-8-4-5-10(13-8)9-3-1-2-6-12-9/h1-4,6,10H,5H2. The van der Waals surface area contributed by atoms with Crippen LogP contribution in [0, 0.1) is 11.3 Å². The van der Waals surface area contributed by atoms with E-state index in [2.05, 4.69) is 11.1 Å². The van der Waals surface area contributed by atoms with Gasteiger partial charge in [-0.2, -0.15) is 5.26 Å². The van der Waals surface area contributed by atoms with Gasteiger partial charge >= 0.3 is 0 Å². The summed E-state index contributed by atoms with van der Waals surface area (Å²) in [4.78, 5) is 5.08. The fourth-order valence-electron chi connectivity index (χ4n) is 1.28. The van der Waals surface area contributed by atoms with Crippen LogP contribution in [0.5, 0.6) is 0 Å². The largest absolute Gasteiger partial charge is 0.260 e. The van der Waals surface area contributed by atoms with Crippen molar-refractivity contribution in [2.75, 3.05) is 0 Å². The predicted octanol–water partition coefficient (Wildman–Crippen LogP) is 2.67. The molecule has 1 aliphatic heterocycles. The van der Waals surface area contributed by atoms with Crippen LogP contribution in [0.1, 0.15) is 17.4 Å². The second kappa shape index (κ2) is 3.63. The Bertz CT molecular complexity index is 364. The SMILES string of the molecule is N#CC1=CCC(c2ccccn2)S1. The van der Waals surface area contributed by atoms with E-state index in [1.165, 1.54) is 0 Å². The van der Waals surface area contributed by atoms with Gasteiger partial charge in [-0.25, -0.2) is 0 Å². The molecule has 1 atom stereocenters. The first-order valence-electron chi connectivity index (χ1n) is 4.08. The minimum Gasteiger partial charge on any atom is -0.260 e. The number of nitriles is 1. The van der Waals surface area contributed by atoms with Gasteiger partial charge in [-0.3, -0.25) is 4.98 Å². The lowest BCUT2D eigenvalue weighted by Gasteiger charge is -2.06. The summed E-state index contributed by atoms with van der Waals surface area (Å²) in [5.74, 6) is 0. The van der Waals surface area contributed by atoms with E-state index < -0.39 is 0 Å². The Kier molecular flexibility index (Phi) is 2.33. The highest BCUT2D eigenvalue weighted by Gasteiger charge is 2.19. The van der Waals surface area contributed by atoms with Crippen molar-refractivity contribution in [3.63, 3.8) is 0 Å². The van der Waals surface area contributed by atoms with Crippen molar-refractivity contribution in [2.45, 2.75) is 11.7 Å². The highest BCUT2D eigenvalue weighted by atomic mass is 32.2. The van der Waals surface area contributed by atoms with Crippen LogP contribution in [0.15, 0.2) is 35.4 Å². The molecule has 2 heterocycles. The minimum atomic E-state index is 0.343. The zero-order valence-electron chi connectivity index (χ0n) is 6.97. The summed E-state index contributed by atoms with van der Waals surface area (Å²) in [6.45, 7) is 0. The van der Waals surface area contributed by atoms with E-state index in [9.17, 15) is 0 Å². The third-order valence-electron chi connectivity index (χ3n) is 1.91. The van der Waals surface area contributed by atoms with Crippen molar-refractivity contribution in [3.05, 3.63) is 41.1 Å². The maximum absolute atomic E-state index is 8.67. The minimum absolute atomic E-state index is 0.343. The molecular formula is C10H8N2S. The van der Waals surface area contributed by atoms with E-state index in [4.69, 9.17) is 5.26 Å². The Labute approximate surface area is 81.3 Å². The molecule has 0 N–H and O–H groups in total. The number of pyridine rings is 1. The Hall–Kier alpha value is -1.27. The molecule has 0 aliphatic carbocycles. The molecule has 0 saturated carbocycles. The van der Waals surface area contributed by atoms with Gasteiger partial charge in [-0.1, -0.05) is 12.1 Å². The Balaban J connectivity index is 2.12. The molecule has 0 amide bonds. The fourth-order valence-corrected chi connectivity index (χ4v) is 2.29. The topological polar surface area (TPSA) is 36.7 Å². The van der Waals surface area contributed by atoms with Crippen molar-refractivity contribution in [3.8, 4) is 6.07 Å². The average Bonchev–Trinajstić information content (AvgIpc) is 2.67. The van der Waals surface area contributed by atoms with Gasteiger partial charge in [0.1, 0.15) is 6.07 Å². The van der Waals surface area contributed by atoms with Gasteiger partial charge in [0, 0.05) is 6.20 Å². The van der Waals surface area contributed by atoms with E-state index in [0.29, 0.717) is 5.25 Å². The van der Waals surface area contributed by atoms with E-state index in [1.54, 1.807) is 18.0 Å². The first kappa shape index (κ1) is 8.33. The molecule has 0 spiro atoms. The molecule has 1 unspecified atom stereocenters. The van der Waals surface area contributed by atoms with Crippen molar-refractivity contribution in [1.29, 1.82) is 5.26 Å². The number of rotatable bonds is 1. The van der Waals surface area contributed by atoms with Crippen LogP contribution in [-0.4, -0.2) is 4.98 Å².